The molecule has 1 aromatic carbocycles. The van der Waals surface area contributed by atoms with Crippen LogP contribution in [0, 0.1) is 25.6 Å². The molecule has 1 aliphatic rings. The summed E-state index contributed by atoms with van der Waals surface area (Å²) < 4.78 is 18.1. The molecule has 0 spiro atoms. The number of carbonyl (C=O) groups excluding carboxylic acids is 3. The fraction of sp³-hybridized carbons (Fsp3) is 0.409. The first-order chi connectivity index (χ1) is 14.3. The third-order valence-electron chi connectivity index (χ3n) is 5.48. The zero-order valence-corrected chi connectivity index (χ0v) is 17.4. The van der Waals surface area contributed by atoms with Crippen molar-refractivity contribution >= 4 is 17.8 Å². The molecule has 7 nitrogen and oxygen atoms in total. The van der Waals surface area contributed by atoms with Crippen LogP contribution in [-0.4, -0.2) is 47.9 Å². The predicted molar refractivity (Wildman–Crippen MR) is 108 cm³/mol. The molecule has 2 N–H and O–H groups in total. The molecule has 0 saturated carbocycles. The molecule has 1 aromatic heterocycles. The number of halogens is 1. The predicted octanol–water partition coefficient (Wildman–Crippen LogP) is 2.73. The number of esters is 1. The van der Waals surface area contributed by atoms with Crippen LogP contribution in [0.15, 0.2) is 24.3 Å². The molecule has 2 heterocycles. The zero-order valence-electron chi connectivity index (χ0n) is 17.4. The van der Waals surface area contributed by atoms with E-state index in [2.05, 4.69) is 10.3 Å². The van der Waals surface area contributed by atoms with E-state index in [1.165, 1.54) is 19.2 Å². The van der Waals surface area contributed by atoms with Crippen molar-refractivity contribution in [1.82, 2.24) is 15.2 Å². The van der Waals surface area contributed by atoms with E-state index in [-0.39, 0.29) is 30.1 Å². The van der Waals surface area contributed by atoms with Gasteiger partial charge in [0.25, 0.3) is 5.91 Å². The van der Waals surface area contributed by atoms with Crippen molar-refractivity contribution in [3.05, 3.63) is 58.2 Å². The number of nitrogens with zero attached hydrogens (tertiary/aromatic N) is 1. The van der Waals surface area contributed by atoms with Crippen LogP contribution in [-0.2, 0) is 16.1 Å². The van der Waals surface area contributed by atoms with Gasteiger partial charge in [-0.15, -0.1) is 0 Å². The molecule has 160 valence electrons. The second-order valence-corrected chi connectivity index (χ2v) is 7.55. The summed E-state index contributed by atoms with van der Waals surface area (Å²) in [6.07, 6.45) is 1.38. The highest BCUT2D eigenvalue weighted by Crippen LogP contribution is 2.23. The van der Waals surface area contributed by atoms with E-state index >= 15 is 0 Å². The SMILES string of the molecule is COC(=O)c1c(C)[nH]c(C(=O)N2CCC[C@H](C(=O)NCc3cccc(F)c3)C2)c1C. The summed E-state index contributed by atoms with van der Waals surface area (Å²) in [4.78, 5) is 42.3. The first-order valence-electron chi connectivity index (χ1n) is 9.90. The van der Waals surface area contributed by atoms with Gasteiger partial charge in [-0.05, 0) is 49.9 Å². The molecule has 3 rings (SSSR count). The number of hydrogen-bond acceptors (Lipinski definition) is 4. The summed E-state index contributed by atoms with van der Waals surface area (Å²) >= 11 is 0. The number of aromatic amines is 1. The summed E-state index contributed by atoms with van der Waals surface area (Å²) in [7, 11) is 1.30. The summed E-state index contributed by atoms with van der Waals surface area (Å²) in [5.41, 5.74) is 2.50. The molecule has 2 aromatic rings. The Balaban J connectivity index is 1.66. The second-order valence-electron chi connectivity index (χ2n) is 7.55. The van der Waals surface area contributed by atoms with Gasteiger partial charge in [0.2, 0.25) is 5.91 Å². The van der Waals surface area contributed by atoms with Crippen LogP contribution in [0.25, 0.3) is 0 Å². The number of hydrogen-bond donors (Lipinski definition) is 2. The number of benzene rings is 1. The molecular weight excluding hydrogens is 389 g/mol. The highest BCUT2D eigenvalue weighted by atomic mass is 19.1. The van der Waals surface area contributed by atoms with Crippen LogP contribution in [0.3, 0.4) is 0 Å². The third-order valence-corrected chi connectivity index (χ3v) is 5.48. The number of carbonyl (C=O) groups is 3. The Morgan fingerprint density at radius 1 is 1.30 bits per heavy atom. The van der Waals surface area contributed by atoms with Gasteiger partial charge in [-0.2, -0.15) is 0 Å². The van der Waals surface area contributed by atoms with Crippen LogP contribution in [0.5, 0.6) is 0 Å². The van der Waals surface area contributed by atoms with Crippen LogP contribution in [0.1, 0.15) is 50.5 Å². The van der Waals surface area contributed by atoms with Crippen LogP contribution in [0.4, 0.5) is 4.39 Å². The van der Waals surface area contributed by atoms with Crippen LogP contribution >= 0.6 is 0 Å². The Labute approximate surface area is 174 Å². The maximum absolute atomic E-state index is 13.3. The van der Waals surface area contributed by atoms with E-state index in [0.29, 0.717) is 54.0 Å². The normalized spacial score (nSPS) is 16.3. The second kappa shape index (κ2) is 9.11. The minimum absolute atomic E-state index is 0.161. The number of piperidine rings is 1. The lowest BCUT2D eigenvalue weighted by Crippen LogP contribution is -2.45. The van der Waals surface area contributed by atoms with Gasteiger partial charge in [-0.1, -0.05) is 12.1 Å². The monoisotopic (exact) mass is 415 g/mol. The van der Waals surface area contributed by atoms with Gasteiger partial charge in [0.15, 0.2) is 0 Å². The van der Waals surface area contributed by atoms with Crippen molar-refractivity contribution in [3.8, 4) is 0 Å². The molecule has 2 amide bonds. The fourth-order valence-corrected chi connectivity index (χ4v) is 3.89. The minimum atomic E-state index is -0.492. The van der Waals surface area contributed by atoms with E-state index in [0.717, 1.165) is 0 Å². The molecule has 1 atom stereocenters. The average molecular weight is 415 g/mol. The number of likely N-dealkylation sites (tertiary alicyclic amines) is 1. The van der Waals surface area contributed by atoms with Gasteiger partial charge < -0.3 is 19.9 Å². The van der Waals surface area contributed by atoms with Gasteiger partial charge in [0.05, 0.1) is 18.6 Å². The number of aromatic nitrogens is 1. The molecule has 1 fully saturated rings. The van der Waals surface area contributed by atoms with Gasteiger partial charge in [0.1, 0.15) is 11.5 Å². The maximum Gasteiger partial charge on any atom is 0.339 e. The van der Waals surface area contributed by atoms with Crippen LogP contribution < -0.4 is 5.32 Å². The van der Waals surface area contributed by atoms with Crippen molar-refractivity contribution in [2.24, 2.45) is 5.92 Å². The van der Waals surface area contributed by atoms with Gasteiger partial charge in [0, 0.05) is 25.3 Å². The van der Waals surface area contributed by atoms with E-state index < -0.39 is 5.97 Å². The fourth-order valence-electron chi connectivity index (χ4n) is 3.89. The van der Waals surface area contributed by atoms with Crippen molar-refractivity contribution in [2.45, 2.75) is 33.2 Å². The number of methoxy groups -OCH3 is 1. The Morgan fingerprint density at radius 2 is 2.07 bits per heavy atom. The number of aryl methyl sites for hydroxylation is 1. The Bertz CT molecular complexity index is 969. The number of ether oxygens (including phenoxy) is 1. The molecule has 8 heteroatoms. The molecule has 0 aliphatic carbocycles. The summed E-state index contributed by atoms with van der Waals surface area (Å²) in [5, 5.41) is 2.83. The molecule has 0 radical (unpaired) electrons. The Morgan fingerprint density at radius 3 is 2.77 bits per heavy atom. The topological polar surface area (TPSA) is 91.5 Å². The smallest absolute Gasteiger partial charge is 0.339 e. The number of amides is 2. The lowest BCUT2D eigenvalue weighted by Gasteiger charge is -2.32. The molecule has 0 unspecified atom stereocenters. The van der Waals surface area contributed by atoms with E-state index in [1.807, 2.05) is 0 Å². The number of nitrogens with one attached hydrogen (secondary N) is 2. The lowest BCUT2D eigenvalue weighted by molar-refractivity contribution is -0.126. The molecule has 0 bridgehead atoms. The summed E-state index contributed by atoms with van der Waals surface area (Å²) in [6.45, 7) is 4.49. The van der Waals surface area contributed by atoms with E-state index in [9.17, 15) is 18.8 Å². The summed E-state index contributed by atoms with van der Waals surface area (Å²) in [5.74, 6) is -1.58. The molecule has 1 saturated heterocycles. The quantitative estimate of drug-likeness (QED) is 0.735. The van der Waals surface area contributed by atoms with E-state index in [4.69, 9.17) is 4.74 Å². The highest BCUT2D eigenvalue weighted by Gasteiger charge is 2.31. The van der Waals surface area contributed by atoms with Crippen LogP contribution in [0.2, 0.25) is 0 Å². The average Bonchev–Trinajstić information content (AvgIpc) is 3.05. The minimum Gasteiger partial charge on any atom is -0.465 e. The number of rotatable bonds is 5. The van der Waals surface area contributed by atoms with Gasteiger partial charge in [-0.25, -0.2) is 9.18 Å². The van der Waals surface area contributed by atoms with Crippen molar-refractivity contribution in [2.75, 3.05) is 20.2 Å². The molecule has 1 aliphatic heterocycles. The van der Waals surface area contributed by atoms with Gasteiger partial charge in [-0.3, -0.25) is 9.59 Å². The van der Waals surface area contributed by atoms with Crippen molar-refractivity contribution in [1.29, 1.82) is 0 Å². The number of H-pyrrole nitrogens is 1. The third kappa shape index (κ3) is 4.53. The standard InChI is InChI=1S/C22H26FN3O4/c1-13-18(22(29)30-3)14(2)25-19(13)21(28)26-9-5-7-16(12-26)20(27)24-11-15-6-4-8-17(23)10-15/h4,6,8,10,16,25H,5,7,9,11-12H2,1-3H3,(H,24,27)/t16-/m0/s1. The Kier molecular flexibility index (Phi) is 6.54. The van der Waals surface area contributed by atoms with Crippen molar-refractivity contribution < 1.29 is 23.5 Å². The Hall–Kier alpha value is -3.16. The van der Waals surface area contributed by atoms with Gasteiger partial charge >= 0.3 is 5.97 Å². The maximum atomic E-state index is 13.3. The van der Waals surface area contributed by atoms with Crippen molar-refractivity contribution in [3.63, 3.8) is 0 Å². The van der Waals surface area contributed by atoms with E-state index in [1.54, 1.807) is 30.9 Å². The first kappa shape index (κ1) is 21.5. The lowest BCUT2D eigenvalue weighted by atomic mass is 9.96. The molecule has 30 heavy (non-hydrogen) atoms. The largest absolute Gasteiger partial charge is 0.465 e. The summed E-state index contributed by atoms with van der Waals surface area (Å²) in [6, 6.07) is 6.08. The zero-order chi connectivity index (χ0) is 21.8. The molecular formula is C22H26FN3O4. The first-order valence-corrected chi connectivity index (χ1v) is 9.90. The highest BCUT2D eigenvalue weighted by molar-refractivity contribution is 6.00.